The van der Waals surface area contributed by atoms with Gasteiger partial charge in [-0.2, -0.15) is 0 Å². The summed E-state index contributed by atoms with van der Waals surface area (Å²) in [6, 6.07) is 14.3. The van der Waals surface area contributed by atoms with Crippen LogP contribution in [0.15, 0.2) is 42.5 Å². The van der Waals surface area contributed by atoms with Crippen molar-refractivity contribution in [2.75, 3.05) is 50.1 Å². The van der Waals surface area contributed by atoms with Crippen molar-refractivity contribution >= 4 is 17.3 Å². The summed E-state index contributed by atoms with van der Waals surface area (Å²) in [5.41, 5.74) is 4.39. The molecule has 0 aliphatic carbocycles. The van der Waals surface area contributed by atoms with Gasteiger partial charge in [-0.3, -0.25) is 9.69 Å². The minimum atomic E-state index is 0.0574. The number of anilines is 2. The minimum Gasteiger partial charge on any atom is -0.495 e. The Morgan fingerprint density at radius 3 is 2.46 bits per heavy atom. The molecular formula is C23H31N3O2. The van der Waals surface area contributed by atoms with Crippen LogP contribution < -0.4 is 15.0 Å². The van der Waals surface area contributed by atoms with Gasteiger partial charge in [0.1, 0.15) is 5.75 Å². The zero-order valence-electron chi connectivity index (χ0n) is 17.4. The molecule has 5 heteroatoms. The molecule has 1 aliphatic heterocycles. The van der Waals surface area contributed by atoms with Gasteiger partial charge in [-0.15, -0.1) is 0 Å². The van der Waals surface area contributed by atoms with Crippen molar-refractivity contribution in [1.29, 1.82) is 0 Å². The summed E-state index contributed by atoms with van der Waals surface area (Å²) in [6.45, 7) is 10.3. The predicted molar refractivity (Wildman–Crippen MR) is 116 cm³/mol. The van der Waals surface area contributed by atoms with Gasteiger partial charge in [-0.1, -0.05) is 44.2 Å². The van der Waals surface area contributed by atoms with E-state index in [4.69, 9.17) is 4.74 Å². The second kappa shape index (κ2) is 9.11. The molecule has 0 aromatic heterocycles. The zero-order valence-corrected chi connectivity index (χ0v) is 17.4. The third-order valence-corrected chi connectivity index (χ3v) is 5.36. The number of amides is 1. The summed E-state index contributed by atoms with van der Waals surface area (Å²) >= 11 is 0. The normalized spacial score (nSPS) is 15.0. The zero-order chi connectivity index (χ0) is 20.1. The van der Waals surface area contributed by atoms with Crippen LogP contribution in [0, 0.1) is 6.92 Å². The van der Waals surface area contributed by atoms with Crippen LogP contribution in [0.1, 0.15) is 30.9 Å². The standard InChI is InChI=1S/C23H31N3O2/c1-17(2)19-9-7-8-18(3)23(19)24-22(27)16-25-12-14-26(15-13-25)20-10-5-6-11-21(20)28-4/h5-11,17H,12-16H2,1-4H3,(H,24,27). The van der Waals surface area contributed by atoms with Gasteiger partial charge in [0.15, 0.2) is 0 Å². The van der Waals surface area contributed by atoms with Crippen molar-refractivity contribution in [3.05, 3.63) is 53.6 Å². The fourth-order valence-corrected chi connectivity index (χ4v) is 3.76. The second-order valence-electron chi connectivity index (χ2n) is 7.68. The number of nitrogens with zero attached hydrogens (tertiary/aromatic N) is 2. The number of carbonyl (C=O) groups excluding carboxylic acids is 1. The highest BCUT2D eigenvalue weighted by Crippen LogP contribution is 2.29. The molecule has 1 N–H and O–H groups in total. The average molecular weight is 382 g/mol. The summed E-state index contributed by atoms with van der Waals surface area (Å²) in [5.74, 6) is 1.33. The van der Waals surface area contributed by atoms with Gasteiger partial charge in [0.25, 0.3) is 0 Å². The largest absolute Gasteiger partial charge is 0.495 e. The van der Waals surface area contributed by atoms with Gasteiger partial charge >= 0.3 is 0 Å². The molecule has 0 saturated carbocycles. The van der Waals surface area contributed by atoms with E-state index in [1.807, 2.05) is 31.2 Å². The van der Waals surface area contributed by atoms with E-state index in [2.05, 4.69) is 47.2 Å². The molecule has 1 saturated heterocycles. The summed E-state index contributed by atoms with van der Waals surface area (Å²) in [6.07, 6.45) is 0. The third-order valence-electron chi connectivity index (χ3n) is 5.36. The Morgan fingerprint density at radius 1 is 1.07 bits per heavy atom. The quantitative estimate of drug-likeness (QED) is 0.825. The first-order valence-corrected chi connectivity index (χ1v) is 9.99. The maximum absolute atomic E-state index is 12.7. The molecule has 2 aromatic carbocycles. The number of piperazine rings is 1. The lowest BCUT2D eigenvalue weighted by Crippen LogP contribution is -2.48. The van der Waals surface area contributed by atoms with Crippen molar-refractivity contribution < 1.29 is 9.53 Å². The number of benzene rings is 2. The van der Waals surface area contributed by atoms with Crippen LogP contribution in [0.5, 0.6) is 5.75 Å². The van der Waals surface area contributed by atoms with Gasteiger partial charge in [0, 0.05) is 31.9 Å². The molecule has 1 aliphatic rings. The lowest BCUT2D eigenvalue weighted by atomic mass is 9.98. The van der Waals surface area contributed by atoms with E-state index in [0.29, 0.717) is 12.5 Å². The highest BCUT2D eigenvalue weighted by molar-refractivity contribution is 5.94. The molecule has 0 radical (unpaired) electrons. The lowest BCUT2D eigenvalue weighted by Gasteiger charge is -2.36. The van der Waals surface area contributed by atoms with Crippen LogP contribution in [0.3, 0.4) is 0 Å². The van der Waals surface area contributed by atoms with E-state index >= 15 is 0 Å². The van der Waals surface area contributed by atoms with Crippen molar-refractivity contribution in [3.8, 4) is 5.75 Å². The molecule has 0 unspecified atom stereocenters. The number of hydrogen-bond donors (Lipinski definition) is 1. The SMILES string of the molecule is COc1ccccc1N1CCN(CC(=O)Nc2c(C)cccc2C(C)C)CC1. The summed E-state index contributed by atoms with van der Waals surface area (Å²) in [7, 11) is 1.70. The fourth-order valence-electron chi connectivity index (χ4n) is 3.76. The van der Waals surface area contributed by atoms with Gasteiger partial charge in [0.05, 0.1) is 19.3 Å². The second-order valence-corrected chi connectivity index (χ2v) is 7.68. The number of methoxy groups -OCH3 is 1. The molecule has 1 amide bonds. The lowest BCUT2D eigenvalue weighted by molar-refractivity contribution is -0.117. The van der Waals surface area contributed by atoms with E-state index in [1.165, 1.54) is 5.56 Å². The molecule has 0 bridgehead atoms. The molecule has 1 fully saturated rings. The minimum absolute atomic E-state index is 0.0574. The maximum atomic E-state index is 12.7. The monoisotopic (exact) mass is 381 g/mol. The topological polar surface area (TPSA) is 44.8 Å². The van der Waals surface area contributed by atoms with E-state index < -0.39 is 0 Å². The first-order valence-electron chi connectivity index (χ1n) is 9.99. The fraction of sp³-hybridized carbons (Fsp3) is 0.435. The number of ether oxygens (including phenoxy) is 1. The van der Waals surface area contributed by atoms with Crippen molar-refractivity contribution in [1.82, 2.24) is 4.90 Å². The van der Waals surface area contributed by atoms with E-state index in [1.54, 1.807) is 7.11 Å². The third kappa shape index (κ3) is 4.65. The Morgan fingerprint density at radius 2 is 1.79 bits per heavy atom. The van der Waals surface area contributed by atoms with Crippen LogP contribution in [0.25, 0.3) is 0 Å². The predicted octanol–water partition coefficient (Wildman–Crippen LogP) is 3.89. The van der Waals surface area contributed by atoms with E-state index in [9.17, 15) is 4.79 Å². The molecule has 2 aromatic rings. The molecular weight excluding hydrogens is 350 g/mol. The van der Waals surface area contributed by atoms with Gasteiger partial charge in [-0.05, 0) is 36.1 Å². The number of carbonyl (C=O) groups is 1. The summed E-state index contributed by atoms with van der Waals surface area (Å²) < 4.78 is 5.48. The molecule has 5 nitrogen and oxygen atoms in total. The van der Waals surface area contributed by atoms with E-state index in [-0.39, 0.29) is 5.91 Å². The average Bonchev–Trinajstić information content (AvgIpc) is 2.70. The van der Waals surface area contributed by atoms with E-state index in [0.717, 1.165) is 48.9 Å². The first kappa shape index (κ1) is 20.2. The Labute approximate surface area is 168 Å². The molecule has 0 atom stereocenters. The van der Waals surface area contributed by atoms with Crippen LogP contribution in [-0.4, -0.2) is 50.6 Å². The summed E-state index contributed by atoms with van der Waals surface area (Å²) in [5, 5.41) is 3.15. The Hall–Kier alpha value is -2.53. The molecule has 150 valence electrons. The van der Waals surface area contributed by atoms with Crippen molar-refractivity contribution in [2.24, 2.45) is 0 Å². The number of aryl methyl sites for hydroxylation is 1. The molecule has 3 rings (SSSR count). The number of hydrogen-bond acceptors (Lipinski definition) is 4. The Bertz CT molecular complexity index is 811. The van der Waals surface area contributed by atoms with Crippen molar-refractivity contribution in [2.45, 2.75) is 26.7 Å². The van der Waals surface area contributed by atoms with Crippen LogP contribution in [0.2, 0.25) is 0 Å². The number of rotatable bonds is 6. The van der Waals surface area contributed by atoms with Gasteiger partial charge < -0.3 is 15.0 Å². The van der Waals surface area contributed by atoms with Gasteiger partial charge in [-0.25, -0.2) is 0 Å². The van der Waals surface area contributed by atoms with Crippen LogP contribution in [-0.2, 0) is 4.79 Å². The maximum Gasteiger partial charge on any atom is 0.238 e. The molecule has 28 heavy (non-hydrogen) atoms. The Balaban J connectivity index is 1.58. The molecule has 0 spiro atoms. The van der Waals surface area contributed by atoms with Crippen molar-refractivity contribution in [3.63, 3.8) is 0 Å². The first-order chi connectivity index (χ1) is 13.5. The number of nitrogens with one attached hydrogen (secondary N) is 1. The highest BCUT2D eigenvalue weighted by Gasteiger charge is 2.21. The van der Waals surface area contributed by atoms with Crippen LogP contribution >= 0.6 is 0 Å². The highest BCUT2D eigenvalue weighted by atomic mass is 16.5. The number of para-hydroxylation sites is 3. The summed E-state index contributed by atoms with van der Waals surface area (Å²) in [4.78, 5) is 17.2. The smallest absolute Gasteiger partial charge is 0.238 e. The Kier molecular flexibility index (Phi) is 6.57. The van der Waals surface area contributed by atoms with Crippen LogP contribution in [0.4, 0.5) is 11.4 Å². The van der Waals surface area contributed by atoms with Gasteiger partial charge in [0.2, 0.25) is 5.91 Å². The molecule has 1 heterocycles.